The van der Waals surface area contributed by atoms with Gasteiger partial charge in [0.25, 0.3) is 5.56 Å². The lowest BCUT2D eigenvalue weighted by Crippen LogP contribution is -2.30. The van der Waals surface area contributed by atoms with E-state index in [2.05, 4.69) is 10.4 Å². The molecule has 0 radical (unpaired) electrons. The third kappa shape index (κ3) is 1.07. The number of hydrogen-bond acceptors (Lipinski definition) is 2. The molecule has 0 atom stereocenters. The number of nitrogens with zero attached hydrogens (tertiary/aromatic N) is 1. The standard InChI is InChI=1S/C10H15N3O/c14-10-8-6-11-5-4-9(8)12-13(10)7-2-1-3-7/h7,11-12H,1-6H2. The SMILES string of the molecule is O=c1c2c([nH]n1C1CCC1)CCNC2. The van der Waals surface area contributed by atoms with E-state index in [1.165, 1.54) is 6.42 Å². The second kappa shape index (κ2) is 2.98. The van der Waals surface area contributed by atoms with Crippen molar-refractivity contribution in [3.63, 3.8) is 0 Å². The van der Waals surface area contributed by atoms with E-state index < -0.39 is 0 Å². The number of fused-ring (bicyclic) bond motifs is 1. The van der Waals surface area contributed by atoms with Crippen molar-refractivity contribution in [2.24, 2.45) is 0 Å². The Bertz CT molecular complexity index is 400. The van der Waals surface area contributed by atoms with Crippen LogP contribution in [0.1, 0.15) is 36.6 Å². The first-order chi connectivity index (χ1) is 6.86. The molecule has 3 rings (SSSR count). The molecule has 0 unspecified atom stereocenters. The van der Waals surface area contributed by atoms with Gasteiger partial charge in [-0.1, -0.05) is 0 Å². The van der Waals surface area contributed by atoms with E-state index >= 15 is 0 Å². The van der Waals surface area contributed by atoms with Crippen LogP contribution >= 0.6 is 0 Å². The summed E-state index contributed by atoms with van der Waals surface area (Å²) in [6.07, 6.45) is 4.54. The Morgan fingerprint density at radius 1 is 1.36 bits per heavy atom. The van der Waals surface area contributed by atoms with E-state index in [-0.39, 0.29) is 5.56 Å². The minimum atomic E-state index is 0.205. The van der Waals surface area contributed by atoms with Crippen molar-refractivity contribution in [3.05, 3.63) is 21.6 Å². The van der Waals surface area contributed by atoms with Crippen molar-refractivity contribution >= 4 is 0 Å². The summed E-state index contributed by atoms with van der Waals surface area (Å²) in [4.78, 5) is 11.9. The minimum absolute atomic E-state index is 0.205. The zero-order valence-electron chi connectivity index (χ0n) is 8.18. The summed E-state index contributed by atoms with van der Waals surface area (Å²) in [5.74, 6) is 0. The quantitative estimate of drug-likeness (QED) is 0.684. The van der Waals surface area contributed by atoms with E-state index in [1.54, 1.807) is 0 Å². The van der Waals surface area contributed by atoms with Gasteiger partial charge in [0.1, 0.15) is 0 Å². The van der Waals surface area contributed by atoms with Crippen LogP contribution in [0.15, 0.2) is 4.79 Å². The smallest absolute Gasteiger partial charge is 0.271 e. The maximum atomic E-state index is 11.9. The topological polar surface area (TPSA) is 49.8 Å². The molecule has 1 aromatic rings. The highest BCUT2D eigenvalue weighted by Gasteiger charge is 2.25. The zero-order chi connectivity index (χ0) is 9.54. The second-order valence-electron chi connectivity index (χ2n) is 4.26. The average molecular weight is 193 g/mol. The van der Waals surface area contributed by atoms with Gasteiger partial charge in [0, 0.05) is 25.2 Å². The van der Waals surface area contributed by atoms with E-state index in [9.17, 15) is 4.79 Å². The van der Waals surface area contributed by atoms with Crippen molar-refractivity contribution in [3.8, 4) is 0 Å². The molecule has 4 heteroatoms. The summed E-state index contributed by atoms with van der Waals surface area (Å²) >= 11 is 0. The molecular formula is C10H15N3O. The minimum Gasteiger partial charge on any atom is -0.312 e. The molecule has 1 aliphatic carbocycles. The average Bonchev–Trinajstić information content (AvgIpc) is 2.43. The third-order valence-electron chi connectivity index (χ3n) is 3.39. The molecular weight excluding hydrogens is 178 g/mol. The van der Waals surface area contributed by atoms with Crippen molar-refractivity contribution in [2.75, 3.05) is 6.54 Å². The van der Waals surface area contributed by atoms with Crippen molar-refractivity contribution in [1.29, 1.82) is 0 Å². The fourth-order valence-corrected chi connectivity index (χ4v) is 2.26. The number of rotatable bonds is 1. The molecule has 1 saturated carbocycles. The molecule has 0 aromatic carbocycles. The molecule has 0 spiro atoms. The van der Waals surface area contributed by atoms with Crippen LogP contribution in [0.5, 0.6) is 0 Å². The van der Waals surface area contributed by atoms with Gasteiger partial charge < -0.3 is 5.32 Å². The number of hydrogen-bond donors (Lipinski definition) is 2. The maximum absolute atomic E-state index is 11.9. The van der Waals surface area contributed by atoms with Gasteiger partial charge in [0.15, 0.2) is 0 Å². The first kappa shape index (κ1) is 8.29. The van der Waals surface area contributed by atoms with Crippen LogP contribution in [0.3, 0.4) is 0 Å². The fourth-order valence-electron chi connectivity index (χ4n) is 2.26. The van der Waals surface area contributed by atoms with Gasteiger partial charge in [0.05, 0.1) is 11.6 Å². The molecule has 14 heavy (non-hydrogen) atoms. The molecule has 4 nitrogen and oxygen atoms in total. The van der Waals surface area contributed by atoms with E-state index in [0.29, 0.717) is 6.04 Å². The summed E-state index contributed by atoms with van der Waals surface area (Å²) in [6, 6.07) is 0.452. The Labute approximate surface area is 82.3 Å². The van der Waals surface area contributed by atoms with Crippen LogP contribution in [0, 0.1) is 0 Å². The van der Waals surface area contributed by atoms with Crippen LogP contribution in [0.4, 0.5) is 0 Å². The van der Waals surface area contributed by atoms with Gasteiger partial charge in [-0.05, 0) is 19.3 Å². The maximum Gasteiger partial charge on any atom is 0.271 e. The van der Waals surface area contributed by atoms with E-state index in [1.807, 2.05) is 4.68 Å². The van der Waals surface area contributed by atoms with Crippen LogP contribution in [0.25, 0.3) is 0 Å². The highest BCUT2D eigenvalue weighted by Crippen LogP contribution is 2.30. The lowest BCUT2D eigenvalue weighted by atomic mass is 9.93. The van der Waals surface area contributed by atoms with Gasteiger partial charge in [-0.15, -0.1) is 0 Å². The normalized spacial score (nSPS) is 21.7. The van der Waals surface area contributed by atoms with E-state index in [4.69, 9.17) is 0 Å². The summed E-state index contributed by atoms with van der Waals surface area (Å²) < 4.78 is 1.85. The van der Waals surface area contributed by atoms with Gasteiger partial charge in [-0.2, -0.15) is 0 Å². The van der Waals surface area contributed by atoms with Crippen LogP contribution in [-0.4, -0.2) is 16.3 Å². The van der Waals surface area contributed by atoms with Crippen molar-refractivity contribution in [2.45, 2.75) is 38.3 Å². The first-order valence-corrected chi connectivity index (χ1v) is 5.39. The molecule has 2 aliphatic rings. The van der Waals surface area contributed by atoms with Crippen molar-refractivity contribution < 1.29 is 0 Å². The number of aromatic amines is 1. The summed E-state index contributed by atoms with van der Waals surface area (Å²) in [6.45, 7) is 1.72. The Morgan fingerprint density at radius 3 is 2.86 bits per heavy atom. The lowest BCUT2D eigenvalue weighted by molar-refractivity contribution is 0.282. The van der Waals surface area contributed by atoms with Gasteiger partial charge in [-0.3, -0.25) is 9.89 Å². The zero-order valence-corrected chi connectivity index (χ0v) is 8.18. The van der Waals surface area contributed by atoms with E-state index in [0.717, 1.165) is 43.6 Å². The Hall–Kier alpha value is -1.03. The Kier molecular flexibility index (Phi) is 1.77. The first-order valence-electron chi connectivity index (χ1n) is 5.39. The largest absolute Gasteiger partial charge is 0.312 e. The lowest BCUT2D eigenvalue weighted by Gasteiger charge is -2.25. The summed E-state index contributed by atoms with van der Waals surface area (Å²) in [5, 5.41) is 6.50. The number of H-pyrrole nitrogens is 1. The summed E-state index contributed by atoms with van der Waals surface area (Å²) in [5.41, 5.74) is 2.32. The molecule has 76 valence electrons. The molecule has 1 aromatic heterocycles. The highest BCUT2D eigenvalue weighted by atomic mass is 16.1. The highest BCUT2D eigenvalue weighted by molar-refractivity contribution is 5.20. The van der Waals surface area contributed by atoms with Gasteiger partial charge in [-0.25, -0.2) is 4.68 Å². The van der Waals surface area contributed by atoms with Crippen LogP contribution in [0.2, 0.25) is 0 Å². The van der Waals surface area contributed by atoms with Crippen LogP contribution in [-0.2, 0) is 13.0 Å². The van der Waals surface area contributed by atoms with Gasteiger partial charge in [0.2, 0.25) is 0 Å². The third-order valence-corrected chi connectivity index (χ3v) is 3.39. The molecule has 2 N–H and O–H groups in total. The molecule has 0 saturated heterocycles. The number of nitrogens with one attached hydrogen (secondary N) is 2. The molecule has 2 heterocycles. The molecule has 0 bridgehead atoms. The van der Waals surface area contributed by atoms with Crippen LogP contribution < -0.4 is 10.9 Å². The summed E-state index contributed by atoms with van der Waals surface area (Å²) in [7, 11) is 0. The molecule has 1 fully saturated rings. The fraction of sp³-hybridized carbons (Fsp3) is 0.700. The predicted octanol–water partition coefficient (Wildman–Crippen LogP) is 0.547. The number of aromatic nitrogens is 2. The Balaban J connectivity index is 2.04. The molecule has 0 amide bonds. The second-order valence-corrected chi connectivity index (χ2v) is 4.26. The molecule has 1 aliphatic heterocycles. The van der Waals surface area contributed by atoms with Gasteiger partial charge >= 0.3 is 0 Å². The van der Waals surface area contributed by atoms with Crippen molar-refractivity contribution in [1.82, 2.24) is 15.1 Å². The monoisotopic (exact) mass is 193 g/mol. The predicted molar refractivity (Wildman–Crippen MR) is 53.4 cm³/mol. The Morgan fingerprint density at radius 2 is 2.21 bits per heavy atom.